The summed E-state index contributed by atoms with van der Waals surface area (Å²) in [6.07, 6.45) is 0. The summed E-state index contributed by atoms with van der Waals surface area (Å²) in [5.74, 6) is -2.87. The molecule has 0 saturated carbocycles. The van der Waals surface area contributed by atoms with Crippen molar-refractivity contribution in [2.45, 2.75) is 13.8 Å². The van der Waals surface area contributed by atoms with Crippen LogP contribution in [-0.2, 0) is 0 Å². The Hall–Kier alpha value is -4.13. The summed E-state index contributed by atoms with van der Waals surface area (Å²) in [5, 5.41) is 30.9. The highest BCUT2D eigenvalue weighted by Crippen LogP contribution is 2.46. The van der Waals surface area contributed by atoms with Crippen molar-refractivity contribution in [3.63, 3.8) is 0 Å². The number of phenolic OH excluding ortho intramolecular Hbond substituents is 3. The molecule has 7 heteroatoms. The maximum atomic E-state index is 13.4. The third-order valence-corrected chi connectivity index (χ3v) is 5.34. The third kappa shape index (κ3) is 2.78. The van der Waals surface area contributed by atoms with Crippen LogP contribution in [0, 0.1) is 13.0 Å². The Bertz CT molecular complexity index is 1320. The first kappa shape index (κ1) is 20.2. The fourth-order valence-corrected chi connectivity index (χ4v) is 4.06. The van der Waals surface area contributed by atoms with Gasteiger partial charge in [0.15, 0.2) is 11.6 Å². The summed E-state index contributed by atoms with van der Waals surface area (Å²) in [5.41, 5.74) is 0.219. The van der Waals surface area contributed by atoms with Gasteiger partial charge in [0.05, 0.1) is 18.2 Å². The minimum atomic E-state index is -0.703. The lowest BCUT2D eigenvalue weighted by Crippen LogP contribution is -2.23. The second-order valence-corrected chi connectivity index (χ2v) is 7.21. The van der Waals surface area contributed by atoms with Crippen LogP contribution < -0.4 is 4.74 Å². The van der Waals surface area contributed by atoms with Crippen LogP contribution in [-0.4, -0.2) is 39.8 Å². The quantitative estimate of drug-likeness (QED) is 0.436. The van der Waals surface area contributed by atoms with Gasteiger partial charge in [-0.25, -0.2) is 0 Å². The van der Waals surface area contributed by atoms with Crippen LogP contribution in [0.4, 0.5) is 0 Å². The molecule has 7 nitrogen and oxygen atoms in total. The monoisotopic (exact) mass is 417 g/mol. The van der Waals surface area contributed by atoms with E-state index in [4.69, 9.17) is 4.74 Å². The molecule has 1 aliphatic carbocycles. The molecule has 0 atom stereocenters. The van der Waals surface area contributed by atoms with Crippen molar-refractivity contribution >= 4 is 17.3 Å². The molecular formula is C24H17O7. The first-order valence-electron chi connectivity index (χ1n) is 9.29. The predicted octanol–water partition coefficient (Wildman–Crippen LogP) is 3.57. The van der Waals surface area contributed by atoms with Gasteiger partial charge in [-0.15, -0.1) is 0 Å². The number of methoxy groups -OCH3 is 1. The largest absolute Gasteiger partial charge is 0.507 e. The van der Waals surface area contributed by atoms with Crippen LogP contribution >= 0.6 is 0 Å². The first-order chi connectivity index (χ1) is 14.7. The van der Waals surface area contributed by atoms with Gasteiger partial charge >= 0.3 is 0 Å². The molecule has 0 unspecified atom stereocenters. The van der Waals surface area contributed by atoms with E-state index in [-0.39, 0.29) is 56.2 Å². The number of Topliss-reactive ketones (excluding diaryl/α,β-unsaturated/α-hetero) is 1. The molecule has 0 spiro atoms. The van der Waals surface area contributed by atoms with Crippen molar-refractivity contribution in [1.29, 1.82) is 0 Å². The van der Waals surface area contributed by atoms with Gasteiger partial charge in [-0.2, -0.15) is 0 Å². The molecule has 31 heavy (non-hydrogen) atoms. The molecule has 0 heterocycles. The van der Waals surface area contributed by atoms with Crippen molar-refractivity contribution < 1.29 is 34.4 Å². The van der Waals surface area contributed by atoms with E-state index in [1.165, 1.54) is 44.4 Å². The molecule has 3 aromatic rings. The summed E-state index contributed by atoms with van der Waals surface area (Å²) < 4.78 is 5.39. The number of hydrogen-bond donors (Lipinski definition) is 3. The predicted molar refractivity (Wildman–Crippen MR) is 110 cm³/mol. The lowest BCUT2D eigenvalue weighted by Gasteiger charge is -2.24. The van der Waals surface area contributed by atoms with Gasteiger partial charge in [-0.05, 0) is 43.7 Å². The van der Waals surface area contributed by atoms with Crippen LogP contribution in [0.2, 0.25) is 0 Å². The van der Waals surface area contributed by atoms with Crippen molar-refractivity contribution in [1.82, 2.24) is 0 Å². The maximum absolute atomic E-state index is 13.4. The van der Waals surface area contributed by atoms with Gasteiger partial charge < -0.3 is 20.1 Å². The van der Waals surface area contributed by atoms with Crippen molar-refractivity contribution in [2.75, 3.05) is 7.11 Å². The smallest absolute Gasteiger partial charge is 0.201 e. The number of aromatic hydroxyl groups is 3. The summed E-state index contributed by atoms with van der Waals surface area (Å²) in [4.78, 5) is 38.7. The number of carbonyl (C=O) groups excluding carboxylic acids is 3. The number of phenols is 3. The number of aryl methyl sites for hydroxylation is 1. The fourth-order valence-electron chi connectivity index (χ4n) is 4.06. The number of ether oxygens (including phenoxy) is 1. The summed E-state index contributed by atoms with van der Waals surface area (Å²) in [7, 11) is 1.31. The Kier molecular flexibility index (Phi) is 4.54. The average molecular weight is 417 g/mol. The van der Waals surface area contributed by atoms with Gasteiger partial charge in [0.25, 0.3) is 0 Å². The minimum Gasteiger partial charge on any atom is -0.507 e. The molecule has 1 aliphatic rings. The number of carbonyl (C=O) groups is 3. The second kappa shape index (κ2) is 6.98. The highest BCUT2D eigenvalue weighted by Gasteiger charge is 2.38. The Balaban J connectivity index is 2.14. The van der Waals surface area contributed by atoms with Gasteiger partial charge in [0.2, 0.25) is 5.78 Å². The van der Waals surface area contributed by atoms with Crippen LogP contribution in [0.5, 0.6) is 23.0 Å². The molecule has 0 aliphatic heterocycles. The molecule has 0 saturated heterocycles. The third-order valence-electron chi connectivity index (χ3n) is 5.34. The number of hydrogen-bond acceptors (Lipinski definition) is 7. The normalized spacial score (nSPS) is 12.4. The zero-order valence-electron chi connectivity index (χ0n) is 16.9. The lowest BCUT2D eigenvalue weighted by atomic mass is 9.77. The standard InChI is InChI=1S/C24H17O7/c1-10-9-16(28)20-21(22(29)12-5-4-6-14(26)19(12)23(20)30)17(10)13-7-8-15(27)18(11(2)25)24(13)31-3/h4-6,8-9,26-28H,1-3H3. The van der Waals surface area contributed by atoms with Crippen molar-refractivity contribution in [3.8, 4) is 34.1 Å². The van der Waals surface area contributed by atoms with Crippen LogP contribution in [0.3, 0.4) is 0 Å². The Morgan fingerprint density at radius 1 is 0.935 bits per heavy atom. The summed E-state index contributed by atoms with van der Waals surface area (Å²) in [6.45, 7) is 2.88. The van der Waals surface area contributed by atoms with E-state index in [2.05, 4.69) is 6.07 Å². The highest BCUT2D eigenvalue weighted by molar-refractivity contribution is 6.32. The highest BCUT2D eigenvalue weighted by atomic mass is 16.5. The zero-order chi connectivity index (χ0) is 22.6. The van der Waals surface area contributed by atoms with Gasteiger partial charge in [-0.1, -0.05) is 12.1 Å². The van der Waals surface area contributed by atoms with Crippen LogP contribution in [0.25, 0.3) is 11.1 Å². The molecule has 0 amide bonds. The van der Waals surface area contributed by atoms with Crippen LogP contribution in [0.1, 0.15) is 54.7 Å². The molecule has 155 valence electrons. The van der Waals surface area contributed by atoms with Crippen molar-refractivity contribution in [2.24, 2.45) is 0 Å². The van der Waals surface area contributed by atoms with E-state index in [9.17, 15) is 29.7 Å². The van der Waals surface area contributed by atoms with Gasteiger partial charge in [0.1, 0.15) is 28.6 Å². The molecule has 0 aromatic heterocycles. The SMILES string of the molecule is COc1c(-c2c(C)cc(O)c3c2C(=O)c2cccc(O)c2C3=O)[c]cc(O)c1C(C)=O. The molecule has 4 rings (SSSR count). The molecule has 1 radical (unpaired) electrons. The number of rotatable bonds is 3. The maximum Gasteiger partial charge on any atom is 0.201 e. The molecule has 3 N–H and O–H groups in total. The number of ketones is 3. The molecular weight excluding hydrogens is 400 g/mol. The van der Waals surface area contributed by atoms with E-state index >= 15 is 0 Å². The zero-order valence-corrected chi connectivity index (χ0v) is 16.9. The Morgan fingerprint density at radius 2 is 1.65 bits per heavy atom. The van der Waals surface area contributed by atoms with E-state index in [0.29, 0.717) is 5.56 Å². The van der Waals surface area contributed by atoms with E-state index in [1.54, 1.807) is 6.92 Å². The molecule has 0 bridgehead atoms. The first-order valence-corrected chi connectivity index (χ1v) is 9.29. The van der Waals surface area contributed by atoms with E-state index < -0.39 is 23.1 Å². The molecule has 0 fully saturated rings. The average Bonchev–Trinajstić information content (AvgIpc) is 2.71. The van der Waals surface area contributed by atoms with E-state index in [1.807, 2.05) is 0 Å². The minimum absolute atomic E-state index is 0.00622. The Morgan fingerprint density at radius 3 is 2.29 bits per heavy atom. The lowest BCUT2D eigenvalue weighted by molar-refractivity contribution is 0.0974. The van der Waals surface area contributed by atoms with Gasteiger partial charge in [-0.3, -0.25) is 14.4 Å². The van der Waals surface area contributed by atoms with Crippen LogP contribution in [0.15, 0.2) is 30.3 Å². The van der Waals surface area contributed by atoms with E-state index in [0.717, 1.165) is 0 Å². The number of benzene rings is 3. The summed E-state index contributed by atoms with van der Waals surface area (Å²) >= 11 is 0. The molecule has 3 aromatic carbocycles. The fraction of sp³-hybridized carbons (Fsp3) is 0.125. The van der Waals surface area contributed by atoms with Crippen molar-refractivity contribution in [3.05, 3.63) is 69.8 Å². The van der Waals surface area contributed by atoms with Gasteiger partial charge in [0, 0.05) is 22.3 Å². The Labute approximate surface area is 177 Å². The topological polar surface area (TPSA) is 121 Å². The number of fused-ring (bicyclic) bond motifs is 2. The second-order valence-electron chi connectivity index (χ2n) is 7.21. The summed E-state index contributed by atoms with van der Waals surface area (Å²) in [6, 6.07) is 9.48.